The van der Waals surface area contributed by atoms with Crippen molar-refractivity contribution in [3.8, 4) is 0 Å². The van der Waals surface area contributed by atoms with Gasteiger partial charge >= 0.3 is 11.7 Å². The molecule has 0 bridgehead atoms. The Morgan fingerprint density at radius 3 is 2.00 bits per heavy atom. The van der Waals surface area contributed by atoms with Gasteiger partial charge < -0.3 is 10.4 Å². The molecule has 0 fully saturated rings. The van der Waals surface area contributed by atoms with Gasteiger partial charge in [0.1, 0.15) is 6.04 Å². The van der Waals surface area contributed by atoms with E-state index in [2.05, 4.69) is 5.32 Å². The first-order chi connectivity index (χ1) is 14.9. The molecule has 0 aliphatic rings. The van der Waals surface area contributed by atoms with Crippen LogP contribution >= 0.6 is 0 Å². The van der Waals surface area contributed by atoms with E-state index in [4.69, 9.17) is 0 Å². The van der Waals surface area contributed by atoms with Crippen LogP contribution in [0.1, 0.15) is 22.6 Å². The fourth-order valence-electron chi connectivity index (χ4n) is 3.30. The average Bonchev–Trinajstić information content (AvgIpc) is 2.76. The monoisotopic (exact) mass is 422 g/mol. The predicted molar refractivity (Wildman–Crippen MR) is 111 cm³/mol. The van der Waals surface area contributed by atoms with Gasteiger partial charge in [-0.15, -0.1) is 0 Å². The lowest BCUT2D eigenvalue weighted by molar-refractivity contribution is -0.387. The van der Waals surface area contributed by atoms with Crippen LogP contribution in [0.25, 0.3) is 0 Å². The Labute approximate surface area is 177 Å². The highest BCUT2D eigenvalue weighted by molar-refractivity contribution is 5.90. The Bertz CT molecular complexity index is 1050. The number of nitrogens with one attached hydrogen (secondary N) is 1. The maximum absolute atomic E-state index is 13.6. The fourth-order valence-corrected chi connectivity index (χ4v) is 3.30. The molecule has 0 unspecified atom stereocenters. The van der Waals surface area contributed by atoms with E-state index in [1.807, 2.05) is 12.1 Å². The predicted octanol–water partition coefficient (Wildman–Crippen LogP) is 3.68. The van der Waals surface area contributed by atoms with Crippen molar-refractivity contribution in [2.75, 3.05) is 0 Å². The van der Waals surface area contributed by atoms with Gasteiger partial charge in [0.2, 0.25) is 11.7 Å². The summed E-state index contributed by atoms with van der Waals surface area (Å²) in [6.45, 7) is 0. The second-order valence-electron chi connectivity index (χ2n) is 6.90. The number of nitro benzene ring substituents is 1. The van der Waals surface area contributed by atoms with Gasteiger partial charge in [-0.2, -0.15) is 4.39 Å². The molecular formula is C23H19FN2O5. The van der Waals surface area contributed by atoms with Crippen LogP contribution in [-0.2, 0) is 16.0 Å². The quantitative estimate of drug-likeness (QED) is 0.425. The van der Waals surface area contributed by atoms with Gasteiger partial charge in [0, 0.05) is 12.5 Å². The topological polar surface area (TPSA) is 110 Å². The minimum atomic E-state index is -1.35. The Balaban J connectivity index is 1.87. The zero-order chi connectivity index (χ0) is 22.4. The lowest BCUT2D eigenvalue weighted by atomic mass is 9.90. The summed E-state index contributed by atoms with van der Waals surface area (Å²) in [5, 5.41) is 23.1. The molecule has 7 nitrogen and oxygen atoms in total. The third kappa shape index (κ3) is 5.30. The molecule has 0 spiro atoms. The summed E-state index contributed by atoms with van der Waals surface area (Å²) < 4.78 is 13.6. The minimum absolute atomic E-state index is 0.219. The Morgan fingerprint density at radius 2 is 1.52 bits per heavy atom. The number of halogens is 1. The third-order valence-electron chi connectivity index (χ3n) is 4.79. The zero-order valence-electron chi connectivity index (χ0n) is 16.3. The van der Waals surface area contributed by atoms with Crippen molar-refractivity contribution in [3.63, 3.8) is 0 Å². The van der Waals surface area contributed by atoms with E-state index in [0.717, 1.165) is 12.1 Å². The first-order valence-corrected chi connectivity index (χ1v) is 9.42. The number of carbonyl (C=O) groups excluding carboxylic acids is 1. The van der Waals surface area contributed by atoms with E-state index in [0.29, 0.717) is 11.1 Å². The molecule has 3 aromatic rings. The average molecular weight is 422 g/mol. The van der Waals surface area contributed by atoms with Crippen molar-refractivity contribution in [3.05, 3.63) is 111 Å². The van der Waals surface area contributed by atoms with E-state index in [1.165, 1.54) is 6.07 Å². The lowest BCUT2D eigenvalue weighted by Gasteiger charge is -2.21. The number of rotatable bonds is 8. The largest absolute Gasteiger partial charge is 0.480 e. The second-order valence-corrected chi connectivity index (χ2v) is 6.90. The second kappa shape index (κ2) is 9.62. The molecule has 3 aromatic carbocycles. The van der Waals surface area contributed by atoms with Crippen molar-refractivity contribution in [2.24, 2.45) is 0 Å². The summed E-state index contributed by atoms with van der Waals surface area (Å²) in [6, 6.07) is 19.6. The third-order valence-corrected chi connectivity index (χ3v) is 4.79. The number of hydrogen-bond acceptors (Lipinski definition) is 4. The van der Waals surface area contributed by atoms with Gasteiger partial charge in [-0.1, -0.05) is 66.7 Å². The van der Waals surface area contributed by atoms with Gasteiger partial charge in [0.15, 0.2) is 0 Å². The summed E-state index contributed by atoms with van der Waals surface area (Å²) in [4.78, 5) is 35.0. The van der Waals surface area contributed by atoms with E-state index < -0.39 is 40.3 Å². The fraction of sp³-hybridized carbons (Fsp3) is 0.130. The maximum Gasteiger partial charge on any atom is 0.326 e. The molecule has 1 atom stereocenters. The van der Waals surface area contributed by atoms with Crippen molar-refractivity contribution in [2.45, 2.75) is 18.4 Å². The van der Waals surface area contributed by atoms with Gasteiger partial charge in [0.25, 0.3) is 0 Å². The van der Waals surface area contributed by atoms with Crippen molar-refractivity contribution in [1.29, 1.82) is 0 Å². The van der Waals surface area contributed by atoms with Crippen molar-refractivity contribution >= 4 is 17.6 Å². The van der Waals surface area contributed by atoms with E-state index in [9.17, 15) is 29.2 Å². The van der Waals surface area contributed by atoms with Crippen LogP contribution in [-0.4, -0.2) is 27.9 Å². The van der Waals surface area contributed by atoms with E-state index >= 15 is 0 Å². The standard InChI is InChI=1S/C23H19FN2O5/c24-18-12-11-15(14-20(18)26(30)31)13-19(23(28)29)25-22(27)21(16-7-3-1-4-8-16)17-9-5-2-6-10-17/h1-12,14,19,21H,13H2,(H,25,27)(H,28,29)/t19-/m0/s1. The molecule has 3 rings (SSSR count). The number of nitro groups is 1. The summed E-state index contributed by atoms with van der Waals surface area (Å²) in [5.41, 5.74) is 0.844. The van der Waals surface area contributed by atoms with Crippen LogP contribution in [0.2, 0.25) is 0 Å². The van der Waals surface area contributed by atoms with E-state index in [-0.39, 0.29) is 12.0 Å². The summed E-state index contributed by atoms with van der Waals surface area (Å²) >= 11 is 0. The van der Waals surface area contributed by atoms with Crippen LogP contribution in [0, 0.1) is 15.9 Å². The highest BCUT2D eigenvalue weighted by Crippen LogP contribution is 2.25. The summed E-state index contributed by atoms with van der Waals surface area (Å²) in [6.07, 6.45) is -0.238. The first kappa shape index (κ1) is 21.6. The molecule has 0 aliphatic heterocycles. The molecule has 0 saturated carbocycles. The highest BCUT2D eigenvalue weighted by atomic mass is 19.1. The Kier molecular flexibility index (Phi) is 6.71. The van der Waals surface area contributed by atoms with Crippen LogP contribution in [0.3, 0.4) is 0 Å². The molecule has 0 aromatic heterocycles. The van der Waals surface area contributed by atoms with E-state index in [1.54, 1.807) is 48.5 Å². The number of hydrogen-bond donors (Lipinski definition) is 2. The minimum Gasteiger partial charge on any atom is -0.480 e. The molecule has 0 aliphatic carbocycles. The Morgan fingerprint density at radius 1 is 0.968 bits per heavy atom. The number of carbonyl (C=O) groups is 2. The van der Waals surface area contributed by atoms with Gasteiger partial charge in [-0.05, 0) is 22.8 Å². The van der Waals surface area contributed by atoms with Crippen LogP contribution < -0.4 is 5.32 Å². The van der Waals surface area contributed by atoms with Crippen LogP contribution in [0.4, 0.5) is 10.1 Å². The molecule has 0 heterocycles. The Hall–Kier alpha value is -4.07. The van der Waals surface area contributed by atoms with Gasteiger partial charge in [0.05, 0.1) is 10.8 Å². The lowest BCUT2D eigenvalue weighted by Crippen LogP contribution is -2.44. The first-order valence-electron chi connectivity index (χ1n) is 9.42. The molecule has 158 valence electrons. The maximum atomic E-state index is 13.6. The van der Waals surface area contributed by atoms with Gasteiger partial charge in [-0.25, -0.2) is 4.79 Å². The zero-order valence-corrected chi connectivity index (χ0v) is 16.3. The molecular weight excluding hydrogens is 403 g/mol. The summed E-state index contributed by atoms with van der Waals surface area (Å²) in [7, 11) is 0. The van der Waals surface area contributed by atoms with Crippen molar-refractivity contribution in [1.82, 2.24) is 5.32 Å². The van der Waals surface area contributed by atoms with Crippen molar-refractivity contribution < 1.29 is 24.0 Å². The smallest absolute Gasteiger partial charge is 0.326 e. The number of carboxylic acid groups (broad SMARTS) is 1. The number of carboxylic acids is 1. The number of benzene rings is 3. The SMILES string of the molecule is O=C(N[C@@H](Cc1ccc(F)c([N+](=O)[O-])c1)C(=O)O)C(c1ccccc1)c1ccccc1. The highest BCUT2D eigenvalue weighted by Gasteiger charge is 2.28. The van der Waals surface area contributed by atoms with Gasteiger partial charge in [-0.3, -0.25) is 14.9 Å². The number of amides is 1. The molecule has 0 radical (unpaired) electrons. The molecule has 2 N–H and O–H groups in total. The molecule has 8 heteroatoms. The molecule has 31 heavy (non-hydrogen) atoms. The number of nitrogens with zero attached hydrogens (tertiary/aromatic N) is 1. The summed E-state index contributed by atoms with van der Waals surface area (Å²) in [5.74, 6) is -3.59. The van der Waals surface area contributed by atoms with Crippen LogP contribution in [0.15, 0.2) is 78.9 Å². The molecule has 0 saturated heterocycles. The normalized spacial score (nSPS) is 11.7. The number of aliphatic carboxylic acids is 1. The molecule has 1 amide bonds. The van der Waals surface area contributed by atoms with Crippen LogP contribution in [0.5, 0.6) is 0 Å².